The second-order valence-electron chi connectivity index (χ2n) is 2.41. The molecule has 0 heterocycles. The maximum Gasteiger partial charge on any atom is 0.136 e. The van der Waals surface area contributed by atoms with Crippen molar-refractivity contribution in [1.29, 1.82) is 0 Å². The van der Waals surface area contributed by atoms with Crippen molar-refractivity contribution < 1.29 is 4.79 Å². The molecule has 0 saturated heterocycles. The van der Waals surface area contributed by atoms with E-state index >= 15 is 0 Å². The monoisotopic (exact) mass is 162 g/mol. The van der Waals surface area contributed by atoms with Crippen molar-refractivity contribution in [3.05, 3.63) is 0 Å². The van der Waals surface area contributed by atoms with Gasteiger partial charge in [-0.1, -0.05) is 25.8 Å². The van der Waals surface area contributed by atoms with Gasteiger partial charge in [-0.05, 0) is 5.92 Å². The number of nitrogens with two attached hydrogens (primary N) is 2. The van der Waals surface area contributed by atoms with E-state index in [4.69, 9.17) is 10.9 Å². The van der Waals surface area contributed by atoms with Crippen LogP contribution in [0.4, 0.5) is 0 Å². The van der Waals surface area contributed by atoms with Crippen LogP contribution < -0.4 is 10.9 Å². The molecule has 4 heteroatoms. The van der Waals surface area contributed by atoms with E-state index in [1.54, 1.807) is 0 Å². The molecule has 0 spiro atoms. The quantitative estimate of drug-likeness (QED) is 0.456. The third-order valence-electron chi connectivity index (χ3n) is 1.72. The van der Waals surface area contributed by atoms with Crippen LogP contribution in [0.3, 0.4) is 0 Å². The van der Waals surface area contributed by atoms with Crippen LogP contribution in [0.25, 0.3) is 0 Å². The van der Waals surface area contributed by atoms with Crippen LogP contribution in [0.1, 0.15) is 13.8 Å². The number of aldehydes is 1. The van der Waals surface area contributed by atoms with Crippen LogP contribution in [0.5, 0.6) is 0 Å². The van der Waals surface area contributed by atoms with Gasteiger partial charge >= 0.3 is 0 Å². The number of hydrogen-bond donors (Lipinski definition) is 2. The fraction of sp³-hybridized carbons (Fsp3) is 0.833. The zero-order valence-electron chi connectivity index (χ0n) is 6.28. The summed E-state index contributed by atoms with van der Waals surface area (Å²) in [7, 11) is 0. The van der Waals surface area contributed by atoms with Crippen LogP contribution >= 0.6 is 11.9 Å². The fourth-order valence-corrected chi connectivity index (χ4v) is 0.990. The molecule has 2 unspecified atom stereocenters. The normalized spacial score (nSPS) is 19.6. The fourth-order valence-electron chi connectivity index (χ4n) is 0.561. The molecule has 0 radical (unpaired) electrons. The molecule has 0 bridgehead atoms. The Hall–Kier alpha value is -0.0600. The summed E-state index contributed by atoms with van der Waals surface area (Å²) in [5.74, 6) is 0.146. The van der Waals surface area contributed by atoms with E-state index in [2.05, 4.69) is 0 Å². The number of rotatable bonds is 4. The van der Waals surface area contributed by atoms with E-state index in [1.807, 2.05) is 13.8 Å². The molecular formula is C6H14N2OS. The Morgan fingerprint density at radius 1 is 1.50 bits per heavy atom. The molecule has 3 atom stereocenters. The summed E-state index contributed by atoms with van der Waals surface area (Å²) in [5, 5.41) is 5.55. The first kappa shape index (κ1) is 9.94. The van der Waals surface area contributed by atoms with Crippen molar-refractivity contribution in [3.8, 4) is 0 Å². The Kier molecular flexibility index (Phi) is 4.68. The Balaban J connectivity index is 3.80. The highest BCUT2D eigenvalue weighted by molar-refractivity contribution is 7.97. The van der Waals surface area contributed by atoms with Crippen molar-refractivity contribution in [2.75, 3.05) is 0 Å². The van der Waals surface area contributed by atoms with Crippen molar-refractivity contribution >= 4 is 18.2 Å². The molecule has 0 fully saturated rings. The lowest BCUT2D eigenvalue weighted by Crippen LogP contribution is -2.35. The molecule has 0 rings (SSSR count). The number of hydrogen-bond acceptors (Lipinski definition) is 4. The van der Waals surface area contributed by atoms with Gasteiger partial charge in [0, 0.05) is 5.25 Å². The second kappa shape index (κ2) is 4.71. The molecule has 3 nitrogen and oxygen atoms in total. The van der Waals surface area contributed by atoms with Gasteiger partial charge in [-0.2, -0.15) is 0 Å². The van der Waals surface area contributed by atoms with Gasteiger partial charge in [0.15, 0.2) is 0 Å². The number of carbonyl (C=O) groups excluding carboxylic acids is 1. The van der Waals surface area contributed by atoms with Crippen molar-refractivity contribution in [2.45, 2.75) is 25.1 Å². The lowest BCUT2D eigenvalue weighted by Gasteiger charge is -2.19. The minimum absolute atomic E-state index is 0.146. The SMILES string of the molecule is CC(SN)C(C)[C@H](N)C=O. The van der Waals surface area contributed by atoms with Crippen molar-refractivity contribution in [1.82, 2.24) is 0 Å². The van der Waals surface area contributed by atoms with Gasteiger partial charge in [0.2, 0.25) is 0 Å². The topological polar surface area (TPSA) is 69.1 Å². The zero-order chi connectivity index (χ0) is 8.15. The van der Waals surface area contributed by atoms with E-state index in [1.165, 1.54) is 11.9 Å². The maximum atomic E-state index is 10.2. The van der Waals surface area contributed by atoms with Gasteiger partial charge < -0.3 is 10.5 Å². The molecular weight excluding hydrogens is 148 g/mol. The molecule has 0 aromatic carbocycles. The average Bonchev–Trinajstić information content (AvgIpc) is 2.00. The third-order valence-corrected chi connectivity index (χ3v) is 2.58. The molecule has 0 amide bonds. The van der Waals surface area contributed by atoms with Gasteiger partial charge in [0.05, 0.1) is 6.04 Å². The average molecular weight is 162 g/mol. The molecule has 0 aromatic heterocycles. The van der Waals surface area contributed by atoms with Gasteiger partial charge in [-0.15, -0.1) is 0 Å². The lowest BCUT2D eigenvalue weighted by atomic mass is 10.0. The lowest BCUT2D eigenvalue weighted by molar-refractivity contribution is -0.109. The molecule has 10 heavy (non-hydrogen) atoms. The second-order valence-corrected chi connectivity index (χ2v) is 3.43. The Morgan fingerprint density at radius 2 is 2.00 bits per heavy atom. The molecule has 0 aliphatic rings. The predicted octanol–water partition coefficient (Wildman–Crippen LogP) is 0.144. The highest BCUT2D eigenvalue weighted by Crippen LogP contribution is 2.15. The highest BCUT2D eigenvalue weighted by Gasteiger charge is 2.17. The third kappa shape index (κ3) is 2.68. The largest absolute Gasteiger partial charge is 0.321 e. The summed E-state index contributed by atoms with van der Waals surface area (Å²) in [6.07, 6.45) is 0.761. The highest BCUT2D eigenvalue weighted by atomic mass is 32.2. The Morgan fingerprint density at radius 3 is 2.30 bits per heavy atom. The van der Waals surface area contributed by atoms with E-state index in [-0.39, 0.29) is 17.2 Å². The number of carbonyl (C=O) groups is 1. The molecule has 0 aliphatic carbocycles. The summed E-state index contributed by atoms with van der Waals surface area (Å²) in [5.41, 5.74) is 5.46. The van der Waals surface area contributed by atoms with Crippen LogP contribution in [-0.4, -0.2) is 17.6 Å². The minimum Gasteiger partial charge on any atom is -0.321 e. The van der Waals surface area contributed by atoms with E-state index in [0.717, 1.165) is 6.29 Å². The van der Waals surface area contributed by atoms with Gasteiger partial charge in [0.25, 0.3) is 0 Å². The minimum atomic E-state index is -0.383. The summed E-state index contributed by atoms with van der Waals surface area (Å²) in [6.45, 7) is 3.88. The first-order valence-electron chi connectivity index (χ1n) is 3.20. The summed E-state index contributed by atoms with van der Waals surface area (Å²) < 4.78 is 0. The first-order valence-corrected chi connectivity index (χ1v) is 4.14. The summed E-state index contributed by atoms with van der Waals surface area (Å²) in [4.78, 5) is 10.2. The maximum absolute atomic E-state index is 10.2. The van der Waals surface area contributed by atoms with E-state index < -0.39 is 0 Å². The molecule has 60 valence electrons. The van der Waals surface area contributed by atoms with E-state index in [0.29, 0.717) is 0 Å². The first-order chi connectivity index (χ1) is 4.63. The van der Waals surface area contributed by atoms with Gasteiger partial charge in [-0.25, -0.2) is 0 Å². The van der Waals surface area contributed by atoms with Gasteiger partial charge in [-0.3, -0.25) is 5.14 Å². The molecule has 0 aliphatic heterocycles. The summed E-state index contributed by atoms with van der Waals surface area (Å²) in [6, 6.07) is -0.383. The van der Waals surface area contributed by atoms with E-state index in [9.17, 15) is 4.79 Å². The van der Waals surface area contributed by atoms with Crippen molar-refractivity contribution in [3.63, 3.8) is 0 Å². The Labute approximate surface area is 65.7 Å². The summed E-state index contributed by atoms with van der Waals surface area (Å²) >= 11 is 1.24. The van der Waals surface area contributed by atoms with Crippen LogP contribution in [0, 0.1) is 5.92 Å². The Bertz CT molecular complexity index is 110. The van der Waals surface area contributed by atoms with Crippen LogP contribution in [0.2, 0.25) is 0 Å². The standard InChI is InChI=1S/C6H14N2OS/c1-4(5(2)10-8)6(7)3-9/h3-6H,7-8H2,1-2H3/t4?,5?,6-/m1/s1. The predicted molar refractivity (Wildman–Crippen MR) is 44.4 cm³/mol. The molecule has 4 N–H and O–H groups in total. The van der Waals surface area contributed by atoms with Crippen molar-refractivity contribution in [2.24, 2.45) is 16.8 Å². The van der Waals surface area contributed by atoms with Crippen LogP contribution in [-0.2, 0) is 4.79 Å². The molecule has 0 saturated carbocycles. The van der Waals surface area contributed by atoms with Gasteiger partial charge in [0.1, 0.15) is 6.29 Å². The smallest absolute Gasteiger partial charge is 0.136 e. The van der Waals surface area contributed by atoms with Crippen LogP contribution in [0.15, 0.2) is 0 Å². The molecule has 0 aromatic rings. The zero-order valence-corrected chi connectivity index (χ0v) is 7.10.